The number of piperidine rings is 1. The monoisotopic (exact) mass is 332 g/mol. The maximum Gasteiger partial charge on any atom is 0.309 e. The highest BCUT2D eigenvalue weighted by Gasteiger charge is 2.33. The Hall–Kier alpha value is -0.620. The van der Waals surface area contributed by atoms with E-state index in [4.69, 9.17) is 4.74 Å². The zero-order valence-electron chi connectivity index (χ0n) is 10.6. The van der Waals surface area contributed by atoms with Gasteiger partial charge < -0.3 is 9.64 Å². The largest absolute Gasteiger partial charge is 0.466 e. The molecule has 1 saturated heterocycles. The standard InChI is InChI=1S/C12H17BrN2O2S/c1-3-17-11(16)9-4-5-15(6-8(9)2)12-14-10(13)7-18-12/h7-9H,3-6H2,1-2H3/t8-,9+/m1/s1. The van der Waals surface area contributed by atoms with E-state index in [1.54, 1.807) is 11.3 Å². The first-order valence-electron chi connectivity index (χ1n) is 6.14. The normalized spacial score (nSPS) is 24.1. The molecule has 6 heteroatoms. The van der Waals surface area contributed by atoms with Crippen LogP contribution in [0, 0.1) is 11.8 Å². The lowest BCUT2D eigenvalue weighted by Gasteiger charge is -2.35. The molecule has 0 radical (unpaired) electrons. The molecule has 1 aromatic heterocycles. The van der Waals surface area contributed by atoms with Crippen LogP contribution < -0.4 is 4.90 Å². The molecule has 1 aromatic rings. The fourth-order valence-electron chi connectivity index (χ4n) is 2.31. The lowest BCUT2D eigenvalue weighted by molar-refractivity contribution is -0.150. The molecule has 100 valence electrons. The Morgan fingerprint density at radius 2 is 2.50 bits per heavy atom. The molecule has 2 atom stereocenters. The number of hydrogen-bond acceptors (Lipinski definition) is 5. The number of nitrogens with zero attached hydrogens (tertiary/aromatic N) is 2. The van der Waals surface area contributed by atoms with Crippen LogP contribution in [0.3, 0.4) is 0 Å². The summed E-state index contributed by atoms with van der Waals surface area (Å²) in [4.78, 5) is 18.5. The molecule has 0 saturated carbocycles. The second-order valence-electron chi connectivity index (χ2n) is 4.52. The third-order valence-electron chi connectivity index (χ3n) is 3.23. The summed E-state index contributed by atoms with van der Waals surface area (Å²) >= 11 is 5.00. The lowest BCUT2D eigenvalue weighted by Crippen LogP contribution is -2.42. The fraction of sp³-hybridized carbons (Fsp3) is 0.667. The van der Waals surface area contributed by atoms with Crippen LogP contribution >= 0.6 is 27.3 Å². The molecule has 4 nitrogen and oxygen atoms in total. The first kappa shape index (κ1) is 13.8. The summed E-state index contributed by atoms with van der Waals surface area (Å²) in [6.45, 7) is 6.16. The van der Waals surface area contributed by atoms with Crippen molar-refractivity contribution in [2.45, 2.75) is 20.3 Å². The molecule has 1 aliphatic heterocycles. The summed E-state index contributed by atoms with van der Waals surface area (Å²) in [5, 5.41) is 3.01. The van der Waals surface area contributed by atoms with Crippen molar-refractivity contribution in [1.29, 1.82) is 0 Å². The maximum absolute atomic E-state index is 11.8. The molecular formula is C12H17BrN2O2S. The van der Waals surface area contributed by atoms with Crippen molar-refractivity contribution >= 4 is 38.4 Å². The van der Waals surface area contributed by atoms with Crippen molar-refractivity contribution in [2.24, 2.45) is 11.8 Å². The Morgan fingerprint density at radius 3 is 3.06 bits per heavy atom. The van der Waals surface area contributed by atoms with Gasteiger partial charge in [-0.05, 0) is 35.2 Å². The van der Waals surface area contributed by atoms with Crippen LogP contribution in [0.2, 0.25) is 0 Å². The topological polar surface area (TPSA) is 42.4 Å². The molecule has 0 spiro atoms. The van der Waals surface area contributed by atoms with E-state index >= 15 is 0 Å². The highest BCUT2D eigenvalue weighted by atomic mass is 79.9. The van der Waals surface area contributed by atoms with Gasteiger partial charge in [0.05, 0.1) is 12.5 Å². The van der Waals surface area contributed by atoms with Crippen molar-refractivity contribution in [3.05, 3.63) is 9.98 Å². The summed E-state index contributed by atoms with van der Waals surface area (Å²) in [6.07, 6.45) is 0.844. The van der Waals surface area contributed by atoms with E-state index in [2.05, 4.69) is 32.7 Å². The van der Waals surface area contributed by atoms with Gasteiger partial charge in [0.2, 0.25) is 0 Å². The average molecular weight is 333 g/mol. The average Bonchev–Trinajstić information content (AvgIpc) is 2.76. The molecule has 2 rings (SSSR count). The number of halogens is 1. The SMILES string of the molecule is CCOC(=O)[C@H]1CCN(c2nc(Br)cs2)C[C@H]1C. The van der Waals surface area contributed by atoms with E-state index in [-0.39, 0.29) is 11.9 Å². The first-order chi connectivity index (χ1) is 8.61. The summed E-state index contributed by atoms with van der Waals surface area (Å²) in [5.74, 6) is 0.287. The molecule has 2 heterocycles. The van der Waals surface area contributed by atoms with Gasteiger partial charge in [-0.25, -0.2) is 4.98 Å². The summed E-state index contributed by atoms with van der Waals surface area (Å²) in [6, 6.07) is 0. The van der Waals surface area contributed by atoms with Crippen molar-refractivity contribution in [3.8, 4) is 0 Å². The number of rotatable bonds is 3. The van der Waals surface area contributed by atoms with Gasteiger partial charge in [0.1, 0.15) is 4.60 Å². The molecule has 0 aliphatic carbocycles. The molecule has 18 heavy (non-hydrogen) atoms. The zero-order valence-corrected chi connectivity index (χ0v) is 13.0. The quantitative estimate of drug-likeness (QED) is 0.798. The van der Waals surface area contributed by atoms with Crippen molar-refractivity contribution in [2.75, 3.05) is 24.6 Å². The third-order valence-corrected chi connectivity index (χ3v) is 4.84. The predicted molar refractivity (Wildman–Crippen MR) is 75.9 cm³/mol. The van der Waals surface area contributed by atoms with E-state index in [1.165, 1.54) is 0 Å². The number of anilines is 1. The Balaban J connectivity index is 1.97. The lowest BCUT2D eigenvalue weighted by atomic mass is 9.87. The van der Waals surface area contributed by atoms with Gasteiger partial charge in [-0.1, -0.05) is 6.92 Å². The number of aromatic nitrogens is 1. The summed E-state index contributed by atoms with van der Waals surface area (Å²) < 4.78 is 6.00. The highest BCUT2D eigenvalue weighted by Crippen LogP contribution is 2.31. The molecule has 0 unspecified atom stereocenters. The van der Waals surface area contributed by atoms with E-state index < -0.39 is 0 Å². The van der Waals surface area contributed by atoms with Crippen LogP contribution in [0.1, 0.15) is 20.3 Å². The molecule has 1 aliphatic rings. The summed E-state index contributed by atoms with van der Waals surface area (Å²) in [5.41, 5.74) is 0. The van der Waals surface area contributed by atoms with E-state index in [0.717, 1.165) is 29.2 Å². The Morgan fingerprint density at radius 1 is 1.72 bits per heavy atom. The number of carbonyl (C=O) groups is 1. The van der Waals surface area contributed by atoms with E-state index in [0.29, 0.717) is 12.5 Å². The fourth-order valence-corrected chi connectivity index (χ4v) is 3.60. The number of ether oxygens (including phenoxy) is 1. The van der Waals surface area contributed by atoms with Crippen molar-refractivity contribution < 1.29 is 9.53 Å². The van der Waals surface area contributed by atoms with Crippen molar-refractivity contribution in [1.82, 2.24) is 4.98 Å². The Kier molecular flexibility index (Phi) is 4.61. The van der Waals surface area contributed by atoms with E-state index in [1.807, 2.05) is 12.3 Å². The number of esters is 1. The van der Waals surface area contributed by atoms with Crippen LogP contribution in [0.5, 0.6) is 0 Å². The minimum atomic E-state index is -0.0510. The van der Waals surface area contributed by atoms with Crippen LogP contribution in [0.25, 0.3) is 0 Å². The van der Waals surface area contributed by atoms with Gasteiger partial charge in [-0.2, -0.15) is 0 Å². The molecule has 0 aromatic carbocycles. The summed E-state index contributed by atoms with van der Waals surface area (Å²) in [7, 11) is 0. The van der Waals surface area contributed by atoms with Gasteiger partial charge in [0.15, 0.2) is 5.13 Å². The van der Waals surface area contributed by atoms with Crippen LogP contribution in [-0.2, 0) is 9.53 Å². The highest BCUT2D eigenvalue weighted by molar-refractivity contribution is 9.10. The third kappa shape index (κ3) is 3.03. The van der Waals surface area contributed by atoms with Crippen molar-refractivity contribution in [3.63, 3.8) is 0 Å². The minimum Gasteiger partial charge on any atom is -0.466 e. The van der Waals surface area contributed by atoms with Crippen LogP contribution in [0.15, 0.2) is 9.98 Å². The predicted octanol–water partition coefficient (Wildman–Crippen LogP) is 2.93. The van der Waals surface area contributed by atoms with Crippen LogP contribution in [-0.4, -0.2) is 30.6 Å². The molecule has 0 amide bonds. The molecule has 0 bridgehead atoms. The first-order valence-corrected chi connectivity index (χ1v) is 7.81. The smallest absolute Gasteiger partial charge is 0.309 e. The second-order valence-corrected chi connectivity index (χ2v) is 6.17. The van der Waals surface area contributed by atoms with Gasteiger partial charge in [-0.3, -0.25) is 4.79 Å². The minimum absolute atomic E-state index is 0.0320. The number of carbonyl (C=O) groups excluding carboxylic acids is 1. The van der Waals surface area contributed by atoms with Gasteiger partial charge >= 0.3 is 5.97 Å². The van der Waals surface area contributed by atoms with Gasteiger partial charge in [0, 0.05) is 18.5 Å². The van der Waals surface area contributed by atoms with Crippen LogP contribution in [0.4, 0.5) is 5.13 Å². The Labute approximate surface area is 119 Å². The van der Waals surface area contributed by atoms with Gasteiger partial charge in [-0.15, -0.1) is 11.3 Å². The zero-order chi connectivity index (χ0) is 13.1. The Bertz CT molecular complexity index is 424. The van der Waals surface area contributed by atoms with E-state index in [9.17, 15) is 4.79 Å². The number of hydrogen-bond donors (Lipinski definition) is 0. The molecule has 1 fully saturated rings. The number of thiazole rings is 1. The second kappa shape index (κ2) is 6.02. The molecular weight excluding hydrogens is 316 g/mol. The van der Waals surface area contributed by atoms with Gasteiger partial charge in [0.25, 0.3) is 0 Å². The molecule has 0 N–H and O–H groups in total. The maximum atomic E-state index is 11.8.